The number of rotatable bonds is 9. The van der Waals surface area contributed by atoms with Gasteiger partial charge in [0.1, 0.15) is 0 Å². The highest BCUT2D eigenvalue weighted by molar-refractivity contribution is 7.89. The van der Waals surface area contributed by atoms with Crippen molar-refractivity contribution < 1.29 is 13.2 Å². The third kappa shape index (κ3) is 6.48. The molecule has 0 unspecified atom stereocenters. The maximum atomic E-state index is 12.3. The van der Waals surface area contributed by atoms with Crippen molar-refractivity contribution in [2.75, 3.05) is 20.1 Å². The first-order chi connectivity index (χ1) is 12.8. The van der Waals surface area contributed by atoms with Gasteiger partial charge in [-0.2, -0.15) is 0 Å². The standard InChI is InChI=1S/C21H28N2O3S/c1-17-11-12-20(16-18(17)2)27(25,26)22-14-13-21(24)23(3)15-7-10-19-8-5-4-6-9-19/h4-6,8-9,11-12,16,22H,7,10,13-15H2,1-3H3. The van der Waals surface area contributed by atoms with E-state index in [-0.39, 0.29) is 23.8 Å². The molecule has 0 aliphatic heterocycles. The zero-order valence-electron chi connectivity index (χ0n) is 16.2. The molecule has 1 N–H and O–H groups in total. The summed E-state index contributed by atoms with van der Waals surface area (Å²) in [4.78, 5) is 14.1. The molecular weight excluding hydrogens is 360 g/mol. The molecule has 2 rings (SSSR count). The maximum absolute atomic E-state index is 12.3. The molecule has 146 valence electrons. The first-order valence-corrected chi connectivity index (χ1v) is 10.6. The van der Waals surface area contributed by atoms with Gasteiger partial charge in [0, 0.05) is 26.6 Å². The minimum absolute atomic E-state index is 0.0640. The van der Waals surface area contributed by atoms with Crippen molar-refractivity contribution >= 4 is 15.9 Å². The van der Waals surface area contributed by atoms with Crippen LogP contribution in [0.2, 0.25) is 0 Å². The summed E-state index contributed by atoms with van der Waals surface area (Å²) in [6.45, 7) is 4.56. The lowest BCUT2D eigenvalue weighted by Crippen LogP contribution is -2.32. The van der Waals surface area contributed by atoms with Crippen molar-refractivity contribution in [3.63, 3.8) is 0 Å². The fraction of sp³-hybridized carbons (Fsp3) is 0.381. The van der Waals surface area contributed by atoms with E-state index in [1.54, 1.807) is 30.1 Å². The van der Waals surface area contributed by atoms with Crippen molar-refractivity contribution in [1.82, 2.24) is 9.62 Å². The van der Waals surface area contributed by atoms with Crippen LogP contribution in [0.3, 0.4) is 0 Å². The highest BCUT2D eigenvalue weighted by Crippen LogP contribution is 2.14. The summed E-state index contributed by atoms with van der Waals surface area (Å²) in [7, 11) is -1.84. The summed E-state index contributed by atoms with van der Waals surface area (Å²) in [6, 6.07) is 15.2. The fourth-order valence-corrected chi connectivity index (χ4v) is 3.85. The first-order valence-electron chi connectivity index (χ1n) is 9.14. The molecule has 5 nitrogen and oxygen atoms in total. The predicted octanol–water partition coefficient (Wildman–Crippen LogP) is 3.06. The third-order valence-corrected chi connectivity index (χ3v) is 6.11. The Kier molecular flexibility index (Phi) is 7.56. The number of hydrogen-bond acceptors (Lipinski definition) is 3. The normalized spacial score (nSPS) is 11.4. The van der Waals surface area contributed by atoms with E-state index in [9.17, 15) is 13.2 Å². The third-order valence-electron chi connectivity index (χ3n) is 4.65. The van der Waals surface area contributed by atoms with E-state index in [1.165, 1.54) is 5.56 Å². The summed E-state index contributed by atoms with van der Waals surface area (Å²) in [5.74, 6) is -0.0640. The van der Waals surface area contributed by atoms with E-state index < -0.39 is 10.0 Å². The molecule has 0 heterocycles. The van der Waals surface area contributed by atoms with Crippen molar-refractivity contribution in [2.24, 2.45) is 0 Å². The summed E-state index contributed by atoms with van der Waals surface area (Å²) < 4.78 is 27.2. The Balaban J connectivity index is 1.76. The maximum Gasteiger partial charge on any atom is 0.240 e. The molecular formula is C21H28N2O3S. The van der Waals surface area contributed by atoms with Gasteiger partial charge in [0.15, 0.2) is 0 Å². The number of nitrogens with one attached hydrogen (secondary N) is 1. The van der Waals surface area contributed by atoms with Crippen LogP contribution < -0.4 is 4.72 Å². The average molecular weight is 389 g/mol. The van der Waals surface area contributed by atoms with Gasteiger partial charge in [-0.25, -0.2) is 13.1 Å². The molecule has 0 aliphatic carbocycles. The molecule has 0 saturated heterocycles. The second-order valence-electron chi connectivity index (χ2n) is 6.80. The van der Waals surface area contributed by atoms with Crippen LogP contribution in [0, 0.1) is 13.8 Å². The summed E-state index contributed by atoms with van der Waals surface area (Å²) in [6.07, 6.45) is 1.93. The Morgan fingerprint density at radius 1 is 1.04 bits per heavy atom. The van der Waals surface area contributed by atoms with Crippen LogP contribution in [0.25, 0.3) is 0 Å². The number of amides is 1. The van der Waals surface area contributed by atoms with Crippen LogP contribution in [0.15, 0.2) is 53.4 Å². The summed E-state index contributed by atoms with van der Waals surface area (Å²) in [5, 5.41) is 0. The molecule has 1 amide bonds. The van der Waals surface area contributed by atoms with Crippen molar-refractivity contribution in [3.05, 3.63) is 65.2 Å². The molecule has 0 spiro atoms. The zero-order chi connectivity index (χ0) is 19.9. The summed E-state index contributed by atoms with van der Waals surface area (Å²) in [5.41, 5.74) is 3.22. The number of benzene rings is 2. The number of sulfonamides is 1. The molecule has 0 radical (unpaired) electrons. The van der Waals surface area contributed by atoms with Gasteiger partial charge in [0.05, 0.1) is 4.90 Å². The smallest absolute Gasteiger partial charge is 0.240 e. The fourth-order valence-electron chi connectivity index (χ4n) is 2.74. The van der Waals surface area contributed by atoms with Crippen LogP contribution in [0.5, 0.6) is 0 Å². The van der Waals surface area contributed by atoms with E-state index in [0.29, 0.717) is 6.54 Å². The second-order valence-corrected chi connectivity index (χ2v) is 8.57. The Hall–Kier alpha value is -2.18. The number of nitrogens with zero attached hydrogens (tertiary/aromatic N) is 1. The lowest BCUT2D eigenvalue weighted by atomic mass is 10.1. The molecule has 0 aliphatic rings. The Labute approximate surface area is 162 Å². The molecule has 0 bridgehead atoms. The van der Waals surface area contributed by atoms with Gasteiger partial charge >= 0.3 is 0 Å². The van der Waals surface area contributed by atoms with Crippen LogP contribution in [-0.4, -0.2) is 39.4 Å². The minimum Gasteiger partial charge on any atom is -0.346 e. The van der Waals surface area contributed by atoms with Crippen molar-refractivity contribution in [1.29, 1.82) is 0 Å². The monoisotopic (exact) mass is 388 g/mol. The zero-order valence-corrected chi connectivity index (χ0v) is 17.1. The number of carbonyl (C=O) groups excluding carboxylic acids is 1. The largest absolute Gasteiger partial charge is 0.346 e. The quantitative estimate of drug-likeness (QED) is 0.718. The SMILES string of the molecule is Cc1ccc(S(=O)(=O)NCCC(=O)N(C)CCCc2ccccc2)cc1C. The molecule has 0 fully saturated rings. The topological polar surface area (TPSA) is 66.5 Å². The van der Waals surface area contributed by atoms with Gasteiger partial charge in [-0.15, -0.1) is 0 Å². The first kappa shape index (κ1) is 21.1. The van der Waals surface area contributed by atoms with Crippen molar-refractivity contribution in [3.8, 4) is 0 Å². The van der Waals surface area contributed by atoms with Crippen LogP contribution >= 0.6 is 0 Å². The summed E-state index contributed by atoms with van der Waals surface area (Å²) >= 11 is 0. The molecule has 0 aromatic heterocycles. The van der Waals surface area contributed by atoms with Crippen LogP contribution in [0.1, 0.15) is 29.5 Å². The molecule has 0 atom stereocenters. The predicted molar refractivity (Wildman–Crippen MR) is 108 cm³/mol. The van der Waals surface area contributed by atoms with Crippen LogP contribution in [-0.2, 0) is 21.2 Å². The van der Waals surface area contributed by atoms with Gasteiger partial charge in [-0.1, -0.05) is 36.4 Å². The van der Waals surface area contributed by atoms with Gasteiger partial charge in [-0.05, 0) is 55.5 Å². The molecule has 27 heavy (non-hydrogen) atoms. The highest BCUT2D eigenvalue weighted by atomic mass is 32.2. The molecule has 2 aromatic carbocycles. The van der Waals surface area contributed by atoms with E-state index in [2.05, 4.69) is 16.9 Å². The van der Waals surface area contributed by atoms with Gasteiger partial charge < -0.3 is 4.90 Å². The Morgan fingerprint density at radius 3 is 2.41 bits per heavy atom. The van der Waals surface area contributed by atoms with Gasteiger partial charge in [0.25, 0.3) is 0 Å². The Bertz CT molecular complexity index is 864. The van der Waals surface area contributed by atoms with E-state index in [4.69, 9.17) is 0 Å². The van der Waals surface area contributed by atoms with Gasteiger partial charge in [-0.3, -0.25) is 4.79 Å². The molecule has 6 heteroatoms. The van der Waals surface area contributed by atoms with Gasteiger partial charge in [0.2, 0.25) is 15.9 Å². The second kappa shape index (κ2) is 9.67. The van der Waals surface area contributed by atoms with E-state index >= 15 is 0 Å². The minimum atomic E-state index is -3.59. The van der Waals surface area contributed by atoms with Crippen LogP contribution in [0.4, 0.5) is 0 Å². The van der Waals surface area contributed by atoms with Crippen molar-refractivity contribution in [2.45, 2.75) is 38.0 Å². The average Bonchev–Trinajstić information content (AvgIpc) is 2.64. The number of hydrogen-bond donors (Lipinski definition) is 1. The van der Waals surface area contributed by atoms with E-state index in [0.717, 1.165) is 24.0 Å². The van der Waals surface area contributed by atoms with E-state index in [1.807, 2.05) is 32.0 Å². The molecule has 2 aromatic rings. The number of carbonyl (C=O) groups is 1. The Morgan fingerprint density at radius 2 is 1.74 bits per heavy atom. The highest BCUT2D eigenvalue weighted by Gasteiger charge is 2.16. The molecule has 0 saturated carbocycles. The lowest BCUT2D eigenvalue weighted by molar-refractivity contribution is -0.129. The number of aryl methyl sites for hydroxylation is 3. The lowest BCUT2D eigenvalue weighted by Gasteiger charge is -2.17.